The molecule has 0 aliphatic rings. The zero-order valence-electron chi connectivity index (χ0n) is 10.9. The van der Waals surface area contributed by atoms with Gasteiger partial charge in [-0.3, -0.25) is 9.48 Å². The van der Waals surface area contributed by atoms with Gasteiger partial charge in [0.2, 0.25) is 0 Å². The van der Waals surface area contributed by atoms with Crippen LogP contribution in [0.5, 0.6) is 5.75 Å². The van der Waals surface area contributed by atoms with E-state index < -0.39 is 0 Å². The molecule has 0 fully saturated rings. The Bertz CT molecular complexity index is 593. The lowest BCUT2D eigenvalue weighted by Gasteiger charge is -2.08. The summed E-state index contributed by atoms with van der Waals surface area (Å²) in [5, 5.41) is 4.36. The van der Waals surface area contributed by atoms with Crippen LogP contribution in [-0.4, -0.2) is 16.1 Å². The molecular weight excluding hydrogens is 308 g/mol. The van der Waals surface area contributed by atoms with Crippen LogP contribution >= 0.6 is 15.9 Å². The van der Waals surface area contributed by atoms with E-state index in [0.29, 0.717) is 17.9 Å². The molecule has 0 amide bonds. The Hall–Kier alpha value is -1.62. The highest BCUT2D eigenvalue weighted by atomic mass is 79.9. The number of rotatable bonds is 5. The average molecular weight is 323 g/mol. The fourth-order valence-electron chi connectivity index (χ4n) is 1.85. The summed E-state index contributed by atoms with van der Waals surface area (Å²) in [4.78, 5) is 10.9. The van der Waals surface area contributed by atoms with E-state index in [0.717, 1.165) is 28.7 Å². The van der Waals surface area contributed by atoms with E-state index in [1.807, 2.05) is 30.7 Å². The number of aldehydes is 1. The molecule has 0 saturated carbocycles. The van der Waals surface area contributed by atoms with Gasteiger partial charge in [0, 0.05) is 16.6 Å². The third-order valence-electron chi connectivity index (χ3n) is 2.77. The minimum absolute atomic E-state index is 0.439. The van der Waals surface area contributed by atoms with Crippen LogP contribution in [0, 0.1) is 6.92 Å². The molecule has 0 atom stereocenters. The van der Waals surface area contributed by atoms with Gasteiger partial charge in [-0.1, -0.05) is 15.9 Å². The lowest BCUT2D eigenvalue weighted by Crippen LogP contribution is -2.06. The van der Waals surface area contributed by atoms with E-state index in [4.69, 9.17) is 4.74 Å². The van der Waals surface area contributed by atoms with Crippen molar-refractivity contribution in [3.63, 3.8) is 0 Å². The second-order valence-electron chi connectivity index (χ2n) is 4.18. The summed E-state index contributed by atoms with van der Waals surface area (Å²) in [6.07, 6.45) is 0.803. The first-order chi connectivity index (χ1) is 9.13. The highest BCUT2D eigenvalue weighted by Crippen LogP contribution is 2.22. The van der Waals surface area contributed by atoms with Crippen LogP contribution in [0.3, 0.4) is 0 Å². The van der Waals surface area contributed by atoms with Crippen molar-refractivity contribution in [2.24, 2.45) is 0 Å². The molecule has 0 saturated heterocycles. The van der Waals surface area contributed by atoms with Gasteiger partial charge in [-0.25, -0.2) is 0 Å². The van der Waals surface area contributed by atoms with E-state index >= 15 is 0 Å². The van der Waals surface area contributed by atoms with Gasteiger partial charge in [-0.05, 0) is 38.1 Å². The molecule has 100 valence electrons. The number of halogens is 1. The Morgan fingerprint density at radius 2 is 2.21 bits per heavy atom. The smallest absolute Gasteiger partial charge is 0.151 e. The SMILES string of the molecule is CCn1nc(C)cc1COc1ccc(Br)c(C=O)c1. The Kier molecular flexibility index (Phi) is 4.37. The molecule has 0 radical (unpaired) electrons. The second-order valence-corrected chi connectivity index (χ2v) is 5.04. The van der Waals surface area contributed by atoms with Crippen molar-refractivity contribution in [3.05, 3.63) is 45.7 Å². The first kappa shape index (κ1) is 13.8. The van der Waals surface area contributed by atoms with E-state index in [1.54, 1.807) is 12.1 Å². The molecule has 0 aliphatic carbocycles. The van der Waals surface area contributed by atoms with Crippen LogP contribution in [0.4, 0.5) is 0 Å². The maximum atomic E-state index is 10.9. The van der Waals surface area contributed by atoms with Gasteiger partial charge in [0.25, 0.3) is 0 Å². The maximum Gasteiger partial charge on any atom is 0.151 e. The number of carbonyl (C=O) groups is 1. The van der Waals surface area contributed by atoms with Gasteiger partial charge in [0.05, 0.1) is 11.4 Å². The van der Waals surface area contributed by atoms with E-state index in [1.165, 1.54) is 0 Å². The zero-order chi connectivity index (χ0) is 13.8. The Morgan fingerprint density at radius 1 is 1.42 bits per heavy atom. The predicted octanol–water partition coefficient (Wildman–Crippen LogP) is 3.37. The minimum Gasteiger partial charge on any atom is -0.487 e. The van der Waals surface area contributed by atoms with Crippen LogP contribution in [-0.2, 0) is 13.2 Å². The molecular formula is C14H15BrN2O2. The van der Waals surface area contributed by atoms with Crippen molar-refractivity contribution in [1.29, 1.82) is 0 Å². The molecule has 2 aromatic rings. The first-order valence-corrected chi connectivity index (χ1v) is 6.84. The molecule has 0 unspecified atom stereocenters. The van der Waals surface area contributed by atoms with Crippen LogP contribution in [0.25, 0.3) is 0 Å². The number of carbonyl (C=O) groups excluding carboxylic acids is 1. The molecule has 19 heavy (non-hydrogen) atoms. The summed E-state index contributed by atoms with van der Waals surface area (Å²) in [6, 6.07) is 7.36. The molecule has 0 spiro atoms. The van der Waals surface area contributed by atoms with Crippen LogP contribution < -0.4 is 4.74 Å². The fourth-order valence-corrected chi connectivity index (χ4v) is 2.19. The standard InChI is InChI=1S/C14H15BrN2O2/c1-3-17-12(6-10(2)16-17)9-19-13-4-5-14(15)11(7-13)8-18/h4-8H,3,9H2,1-2H3. The van der Waals surface area contributed by atoms with Crippen molar-refractivity contribution < 1.29 is 9.53 Å². The van der Waals surface area contributed by atoms with Crippen molar-refractivity contribution in [3.8, 4) is 5.75 Å². The topological polar surface area (TPSA) is 44.1 Å². The molecule has 0 N–H and O–H groups in total. The Morgan fingerprint density at radius 3 is 2.89 bits per heavy atom. The molecule has 4 nitrogen and oxygen atoms in total. The van der Waals surface area contributed by atoms with E-state index in [-0.39, 0.29) is 0 Å². The van der Waals surface area contributed by atoms with Gasteiger partial charge in [-0.15, -0.1) is 0 Å². The Balaban J connectivity index is 2.11. The number of ether oxygens (including phenoxy) is 1. The van der Waals surface area contributed by atoms with Crippen LogP contribution in [0.1, 0.15) is 28.7 Å². The van der Waals surface area contributed by atoms with Gasteiger partial charge in [-0.2, -0.15) is 5.10 Å². The normalized spacial score (nSPS) is 10.5. The molecule has 0 bridgehead atoms. The minimum atomic E-state index is 0.439. The first-order valence-electron chi connectivity index (χ1n) is 6.05. The molecule has 5 heteroatoms. The lowest BCUT2D eigenvalue weighted by atomic mass is 10.2. The number of aromatic nitrogens is 2. The van der Waals surface area contributed by atoms with Gasteiger partial charge < -0.3 is 4.74 Å². The van der Waals surface area contributed by atoms with Crippen molar-refractivity contribution in [2.45, 2.75) is 27.0 Å². The fraction of sp³-hybridized carbons (Fsp3) is 0.286. The lowest BCUT2D eigenvalue weighted by molar-refractivity contribution is 0.112. The molecule has 1 heterocycles. The van der Waals surface area contributed by atoms with Crippen molar-refractivity contribution in [2.75, 3.05) is 0 Å². The third kappa shape index (κ3) is 3.23. The second kappa shape index (κ2) is 6.02. The number of hydrogen-bond acceptors (Lipinski definition) is 3. The summed E-state index contributed by atoms with van der Waals surface area (Å²) < 4.78 is 8.38. The zero-order valence-corrected chi connectivity index (χ0v) is 12.5. The number of benzene rings is 1. The molecule has 2 rings (SSSR count). The summed E-state index contributed by atoms with van der Waals surface area (Å²) in [6.45, 7) is 5.25. The molecule has 0 aliphatic heterocycles. The summed E-state index contributed by atoms with van der Waals surface area (Å²) in [7, 11) is 0. The summed E-state index contributed by atoms with van der Waals surface area (Å²) in [5.74, 6) is 0.673. The quantitative estimate of drug-likeness (QED) is 0.793. The third-order valence-corrected chi connectivity index (χ3v) is 3.49. The molecule has 1 aromatic heterocycles. The predicted molar refractivity (Wildman–Crippen MR) is 76.5 cm³/mol. The van der Waals surface area contributed by atoms with Gasteiger partial charge in [0.15, 0.2) is 6.29 Å². The number of nitrogens with zero attached hydrogens (tertiary/aromatic N) is 2. The summed E-state index contributed by atoms with van der Waals surface area (Å²) in [5.41, 5.74) is 2.58. The maximum absolute atomic E-state index is 10.9. The van der Waals surface area contributed by atoms with Crippen LogP contribution in [0.2, 0.25) is 0 Å². The monoisotopic (exact) mass is 322 g/mol. The average Bonchev–Trinajstić information content (AvgIpc) is 2.78. The largest absolute Gasteiger partial charge is 0.487 e. The highest BCUT2D eigenvalue weighted by Gasteiger charge is 2.06. The molecule has 1 aromatic carbocycles. The summed E-state index contributed by atoms with van der Waals surface area (Å²) >= 11 is 3.31. The number of hydrogen-bond donors (Lipinski definition) is 0. The highest BCUT2D eigenvalue weighted by molar-refractivity contribution is 9.10. The van der Waals surface area contributed by atoms with Gasteiger partial charge in [0.1, 0.15) is 12.4 Å². The van der Waals surface area contributed by atoms with Gasteiger partial charge >= 0.3 is 0 Å². The van der Waals surface area contributed by atoms with Crippen molar-refractivity contribution >= 4 is 22.2 Å². The number of aryl methyl sites for hydroxylation is 2. The van der Waals surface area contributed by atoms with E-state index in [2.05, 4.69) is 21.0 Å². The van der Waals surface area contributed by atoms with Crippen LogP contribution in [0.15, 0.2) is 28.7 Å². The van der Waals surface area contributed by atoms with Crippen molar-refractivity contribution in [1.82, 2.24) is 9.78 Å². The Labute approximate surface area is 120 Å². The van der Waals surface area contributed by atoms with E-state index in [9.17, 15) is 4.79 Å².